The molecule has 3 aromatic carbocycles. The fraction of sp³-hybridized carbons (Fsp3) is 0.375. The minimum absolute atomic E-state index is 0.00957. The second-order valence-corrected chi connectivity index (χ2v) is 14.4. The van der Waals surface area contributed by atoms with Gasteiger partial charge in [0.05, 0.1) is 11.9 Å². The largest absolute Gasteiger partial charge is 0.454 e. The van der Waals surface area contributed by atoms with Crippen molar-refractivity contribution >= 4 is 50.7 Å². The SMILES string of the molecule is CC(C)(C)NC(=O)[C@@H](Cc1ccccc1)N(Cc1c(Cl)cccc1Cl)C(=O)CCCN(c1ccc2c(c1)OCO2)S(C)(=O)=O. The fourth-order valence-corrected chi connectivity index (χ4v) is 6.38. The number of amides is 2. The van der Waals surface area contributed by atoms with E-state index in [2.05, 4.69) is 5.32 Å². The van der Waals surface area contributed by atoms with E-state index in [0.717, 1.165) is 11.8 Å². The van der Waals surface area contributed by atoms with E-state index in [1.807, 2.05) is 51.1 Å². The highest BCUT2D eigenvalue weighted by Gasteiger charge is 2.33. The third kappa shape index (κ3) is 8.80. The summed E-state index contributed by atoms with van der Waals surface area (Å²) in [5.41, 5.74) is 1.23. The fourth-order valence-electron chi connectivity index (χ4n) is 4.90. The number of hydrogen-bond donors (Lipinski definition) is 1. The van der Waals surface area contributed by atoms with Gasteiger partial charge in [-0.05, 0) is 57.0 Å². The zero-order valence-electron chi connectivity index (χ0n) is 25.2. The van der Waals surface area contributed by atoms with Gasteiger partial charge in [-0.1, -0.05) is 59.6 Å². The zero-order chi connectivity index (χ0) is 32.1. The van der Waals surface area contributed by atoms with E-state index in [-0.39, 0.29) is 51.0 Å². The molecule has 0 radical (unpaired) electrons. The molecule has 1 heterocycles. The number of anilines is 1. The average Bonchev–Trinajstić information content (AvgIpc) is 3.41. The number of nitrogens with zero attached hydrogens (tertiary/aromatic N) is 2. The first-order valence-electron chi connectivity index (χ1n) is 14.2. The number of sulfonamides is 1. The first-order valence-corrected chi connectivity index (χ1v) is 16.8. The number of halogens is 2. The summed E-state index contributed by atoms with van der Waals surface area (Å²) in [5, 5.41) is 3.76. The first kappa shape index (κ1) is 33.4. The lowest BCUT2D eigenvalue weighted by Gasteiger charge is -2.34. The molecule has 0 spiro atoms. The number of fused-ring (bicyclic) bond motifs is 1. The molecule has 4 rings (SSSR count). The van der Waals surface area contributed by atoms with Crippen molar-refractivity contribution in [3.05, 3.63) is 87.9 Å². The number of carbonyl (C=O) groups excluding carboxylic acids is 2. The van der Waals surface area contributed by atoms with Crippen LogP contribution in [0.4, 0.5) is 5.69 Å². The van der Waals surface area contributed by atoms with Crippen LogP contribution >= 0.6 is 23.2 Å². The van der Waals surface area contributed by atoms with Crippen molar-refractivity contribution in [2.75, 3.05) is 23.9 Å². The van der Waals surface area contributed by atoms with Crippen molar-refractivity contribution in [1.82, 2.24) is 10.2 Å². The predicted octanol–water partition coefficient (Wildman–Crippen LogP) is 5.82. The first-order chi connectivity index (χ1) is 20.7. The molecule has 1 atom stereocenters. The highest BCUT2D eigenvalue weighted by Crippen LogP contribution is 2.36. The van der Waals surface area contributed by atoms with Gasteiger partial charge in [0.25, 0.3) is 0 Å². The van der Waals surface area contributed by atoms with Crippen molar-refractivity contribution in [2.24, 2.45) is 0 Å². The Labute approximate surface area is 269 Å². The van der Waals surface area contributed by atoms with Gasteiger partial charge in [-0.2, -0.15) is 0 Å². The molecule has 44 heavy (non-hydrogen) atoms. The highest BCUT2D eigenvalue weighted by atomic mass is 35.5. The number of benzene rings is 3. The molecule has 0 aliphatic carbocycles. The Balaban J connectivity index is 1.62. The smallest absolute Gasteiger partial charge is 0.243 e. The Hall–Kier alpha value is -3.47. The standard InChI is InChI=1S/C32H37Cl2N3O6S/c1-32(2,3)35-31(39)27(18-22-10-6-5-7-11-22)36(20-24-25(33)12-8-13-26(24)34)30(38)14-9-17-37(44(4,40)41)23-15-16-28-29(19-23)43-21-42-28/h5-8,10-13,15-16,19,27H,9,14,17-18,20-21H2,1-4H3,(H,35,39)/t27-/m1/s1. The molecule has 1 aliphatic heterocycles. The predicted molar refractivity (Wildman–Crippen MR) is 173 cm³/mol. The monoisotopic (exact) mass is 661 g/mol. The molecule has 0 saturated carbocycles. The van der Waals surface area contributed by atoms with E-state index in [9.17, 15) is 18.0 Å². The third-order valence-electron chi connectivity index (χ3n) is 6.96. The number of ether oxygens (including phenoxy) is 2. The summed E-state index contributed by atoms with van der Waals surface area (Å²) < 4.78 is 37.5. The third-order valence-corrected chi connectivity index (χ3v) is 8.86. The van der Waals surface area contributed by atoms with Crippen LogP contribution in [-0.4, -0.2) is 56.3 Å². The van der Waals surface area contributed by atoms with E-state index in [4.69, 9.17) is 32.7 Å². The van der Waals surface area contributed by atoms with Crippen molar-refractivity contribution < 1.29 is 27.5 Å². The Morgan fingerprint density at radius 1 is 0.955 bits per heavy atom. The van der Waals surface area contributed by atoms with Gasteiger partial charge in [-0.15, -0.1) is 0 Å². The van der Waals surface area contributed by atoms with Crippen molar-refractivity contribution in [3.63, 3.8) is 0 Å². The maximum Gasteiger partial charge on any atom is 0.243 e. The summed E-state index contributed by atoms with van der Waals surface area (Å²) in [6.07, 6.45) is 1.51. The van der Waals surface area contributed by atoms with Gasteiger partial charge >= 0.3 is 0 Å². The normalized spacial score (nSPS) is 13.3. The van der Waals surface area contributed by atoms with E-state index in [1.54, 1.807) is 36.4 Å². The summed E-state index contributed by atoms with van der Waals surface area (Å²) >= 11 is 13.0. The van der Waals surface area contributed by atoms with Crippen LogP contribution in [0.2, 0.25) is 10.0 Å². The highest BCUT2D eigenvalue weighted by molar-refractivity contribution is 7.92. The molecular formula is C32H37Cl2N3O6S. The van der Waals surface area contributed by atoms with Gasteiger partial charge in [0.1, 0.15) is 6.04 Å². The zero-order valence-corrected chi connectivity index (χ0v) is 27.5. The van der Waals surface area contributed by atoms with Crippen LogP contribution in [0.25, 0.3) is 0 Å². The molecule has 9 nitrogen and oxygen atoms in total. The molecule has 0 unspecified atom stereocenters. The topological polar surface area (TPSA) is 105 Å². The minimum atomic E-state index is -3.69. The van der Waals surface area contributed by atoms with Gasteiger partial charge in [0, 0.05) is 53.1 Å². The minimum Gasteiger partial charge on any atom is -0.454 e. The summed E-state index contributed by atoms with van der Waals surface area (Å²) in [5.74, 6) is 0.314. The number of hydrogen-bond acceptors (Lipinski definition) is 6. The van der Waals surface area contributed by atoms with Crippen LogP contribution in [-0.2, 0) is 32.6 Å². The van der Waals surface area contributed by atoms with Crippen molar-refractivity contribution in [2.45, 2.75) is 58.2 Å². The van der Waals surface area contributed by atoms with E-state index >= 15 is 0 Å². The molecular weight excluding hydrogens is 625 g/mol. The summed E-state index contributed by atoms with van der Waals surface area (Å²) in [6, 6.07) is 18.5. The maximum atomic E-state index is 14.0. The second-order valence-electron chi connectivity index (χ2n) is 11.6. The Kier molecular flexibility index (Phi) is 10.7. The molecule has 0 aromatic heterocycles. The molecule has 1 aliphatic rings. The van der Waals surface area contributed by atoms with E-state index in [0.29, 0.717) is 32.8 Å². The molecule has 0 saturated heterocycles. The molecule has 3 aromatic rings. The van der Waals surface area contributed by atoms with Crippen LogP contribution < -0.4 is 19.1 Å². The molecule has 1 N–H and O–H groups in total. The van der Waals surface area contributed by atoms with Gasteiger partial charge in [0.2, 0.25) is 28.6 Å². The molecule has 0 bridgehead atoms. The summed E-state index contributed by atoms with van der Waals surface area (Å²) in [7, 11) is -3.69. The molecule has 12 heteroatoms. The quantitative estimate of drug-likeness (QED) is 0.262. The van der Waals surface area contributed by atoms with Crippen molar-refractivity contribution in [1.29, 1.82) is 0 Å². The molecule has 2 amide bonds. The van der Waals surface area contributed by atoms with E-state index in [1.165, 1.54) is 9.21 Å². The van der Waals surface area contributed by atoms with Crippen LogP contribution in [0, 0.1) is 0 Å². The lowest BCUT2D eigenvalue weighted by molar-refractivity contribution is -0.142. The van der Waals surface area contributed by atoms with Crippen LogP contribution in [0.1, 0.15) is 44.7 Å². The van der Waals surface area contributed by atoms with Gasteiger partial charge in [0.15, 0.2) is 11.5 Å². The lowest BCUT2D eigenvalue weighted by atomic mass is 10.00. The van der Waals surface area contributed by atoms with Gasteiger partial charge in [-0.25, -0.2) is 8.42 Å². The van der Waals surface area contributed by atoms with Gasteiger partial charge in [-0.3, -0.25) is 13.9 Å². The van der Waals surface area contributed by atoms with E-state index < -0.39 is 21.6 Å². The average molecular weight is 663 g/mol. The van der Waals surface area contributed by atoms with Crippen LogP contribution in [0.3, 0.4) is 0 Å². The number of nitrogens with one attached hydrogen (secondary N) is 1. The van der Waals surface area contributed by atoms with Crippen LogP contribution in [0.15, 0.2) is 66.7 Å². The van der Waals surface area contributed by atoms with Gasteiger partial charge < -0.3 is 19.7 Å². The number of rotatable bonds is 12. The Morgan fingerprint density at radius 3 is 2.25 bits per heavy atom. The lowest BCUT2D eigenvalue weighted by Crippen LogP contribution is -2.54. The molecule has 236 valence electrons. The Bertz CT molecular complexity index is 1570. The molecule has 0 fully saturated rings. The second kappa shape index (κ2) is 14.1. The Morgan fingerprint density at radius 2 is 1.61 bits per heavy atom. The van der Waals surface area contributed by atoms with Crippen molar-refractivity contribution in [3.8, 4) is 11.5 Å². The summed E-state index contributed by atoms with van der Waals surface area (Å²) in [4.78, 5) is 29.3. The summed E-state index contributed by atoms with van der Waals surface area (Å²) in [6.45, 7) is 5.70. The number of carbonyl (C=O) groups is 2. The van der Waals surface area contributed by atoms with Crippen LogP contribution in [0.5, 0.6) is 11.5 Å². The maximum absolute atomic E-state index is 14.0.